The summed E-state index contributed by atoms with van der Waals surface area (Å²) in [5.74, 6) is 1.58. The van der Waals surface area contributed by atoms with Crippen molar-refractivity contribution in [1.29, 1.82) is 0 Å². The molecule has 1 heterocycles. The van der Waals surface area contributed by atoms with Gasteiger partial charge in [-0.3, -0.25) is 0 Å². The van der Waals surface area contributed by atoms with Gasteiger partial charge in [-0.15, -0.1) is 11.3 Å². The monoisotopic (exact) mass is 267 g/mol. The number of nitrogens with one attached hydrogen (secondary N) is 1. The highest BCUT2D eigenvalue weighted by atomic mass is 32.1. The van der Waals surface area contributed by atoms with E-state index < -0.39 is 0 Å². The van der Waals surface area contributed by atoms with Gasteiger partial charge in [-0.2, -0.15) is 0 Å². The van der Waals surface area contributed by atoms with E-state index in [-0.39, 0.29) is 5.54 Å². The van der Waals surface area contributed by atoms with E-state index in [1.54, 1.807) is 11.3 Å². The fraction of sp³-hybridized carbons (Fsp3) is 0.786. The summed E-state index contributed by atoms with van der Waals surface area (Å²) in [6.45, 7) is 6.41. The maximum Gasteiger partial charge on any atom is 0.112 e. The molecule has 0 spiro atoms. The van der Waals surface area contributed by atoms with Crippen LogP contribution in [0.4, 0.5) is 0 Å². The lowest BCUT2D eigenvalue weighted by atomic mass is 9.82. The smallest absolute Gasteiger partial charge is 0.112 e. The number of rotatable bonds is 5. The standard InChI is InChI=1S/C14H25N3S/c1-14(2,13-16-7-8-18-13)17-10-12-5-3-11(9-15)4-6-12/h7-8,11-12,17H,3-6,9-10,15H2,1-2H3. The fourth-order valence-corrected chi connectivity index (χ4v) is 3.42. The summed E-state index contributed by atoms with van der Waals surface area (Å²) < 4.78 is 0. The topological polar surface area (TPSA) is 50.9 Å². The molecule has 0 aromatic carbocycles. The van der Waals surface area contributed by atoms with Crippen LogP contribution < -0.4 is 11.1 Å². The molecule has 1 aliphatic carbocycles. The molecular formula is C14H25N3S. The molecule has 0 aliphatic heterocycles. The normalized spacial score (nSPS) is 25.3. The maximum absolute atomic E-state index is 5.73. The summed E-state index contributed by atoms with van der Waals surface area (Å²) in [5, 5.41) is 6.91. The molecule has 1 saturated carbocycles. The predicted octanol–water partition coefficient (Wildman–Crippen LogP) is 2.73. The van der Waals surface area contributed by atoms with Gasteiger partial charge in [-0.1, -0.05) is 0 Å². The molecule has 2 rings (SSSR count). The van der Waals surface area contributed by atoms with Gasteiger partial charge < -0.3 is 11.1 Å². The van der Waals surface area contributed by atoms with Gasteiger partial charge in [0.2, 0.25) is 0 Å². The molecule has 0 amide bonds. The van der Waals surface area contributed by atoms with Crippen molar-refractivity contribution in [2.45, 2.75) is 45.1 Å². The molecular weight excluding hydrogens is 242 g/mol. The summed E-state index contributed by atoms with van der Waals surface area (Å²) >= 11 is 1.73. The highest BCUT2D eigenvalue weighted by Gasteiger charge is 2.26. The van der Waals surface area contributed by atoms with E-state index >= 15 is 0 Å². The van der Waals surface area contributed by atoms with E-state index in [1.165, 1.54) is 30.7 Å². The van der Waals surface area contributed by atoms with E-state index in [4.69, 9.17) is 5.73 Å². The zero-order chi connectivity index (χ0) is 13.0. The van der Waals surface area contributed by atoms with Crippen LogP contribution in [0, 0.1) is 11.8 Å². The van der Waals surface area contributed by atoms with Crippen molar-refractivity contribution in [2.24, 2.45) is 17.6 Å². The Bertz CT molecular complexity index is 340. The van der Waals surface area contributed by atoms with Crippen LogP contribution in [0.1, 0.15) is 44.5 Å². The van der Waals surface area contributed by atoms with Gasteiger partial charge in [0.25, 0.3) is 0 Å². The van der Waals surface area contributed by atoms with Gasteiger partial charge in [0.1, 0.15) is 5.01 Å². The van der Waals surface area contributed by atoms with Gasteiger partial charge in [0.15, 0.2) is 0 Å². The SMILES string of the molecule is CC(C)(NCC1CCC(CN)CC1)c1nccs1. The van der Waals surface area contributed by atoms with E-state index in [9.17, 15) is 0 Å². The second-order valence-electron chi connectivity index (χ2n) is 5.97. The van der Waals surface area contributed by atoms with Gasteiger partial charge in [-0.05, 0) is 64.5 Å². The molecule has 1 aromatic rings. The molecule has 0 unspecified atom stereocenters. The molecule has 3 nitrogen and oxygen atoms in total. The summed E-state index contributed by atoms with van der Waals surface area (Å²) in [5.41, 5.74) is 5.73. The molecule has 0 atom stereocenters. The zero-order valence-corrected chi connectivity index (χ0v) is 12.3. The van der Waals surface area contributed by atoms with Gasteiger partial charge >= 0.3 is 0 Å². The second-order valence-corrected chi connectivity index (χ2v) is 6.86. The van der Waals surface area contributed by atoms with Crippen LogP contribution in [-0.2, 0) is 5.54 Å². The first kappa shape index (κ1) is 14.0. The number of aromatic nitrogens is 1. The summed E-state index contributed by atoms with van der Waals surface area (Å²) in [6, 6.07) is 0. The Kier molecular flexibility index (Phi) is 4.76. The Labute approximate surface area is 114 Å². The minimum absolute atomic E-state index is 0.00111. The first-order valence-corrected chi connectivity index (χ1v) is 7.85. The molecule has 1 fully saturated rings. The number of hydrogen-bond donors (Lipinski definition) is 2. The largest absolute Gasteiger partial charge is 0.330 e. The summed E-state index contributed by atoms with van der Waals surface area (Å²) in [4.78, 5) is 4.42. The third-order valence-electron chi connectivity index (χ3n) is 4.10. The molecule has 0 saturated heterocycles. The Morgan fingerprint density at radius 3 is 2.56 bits per heavy atom. The van der Waals surface area contributed by atoms with Gasteiger partial charge in [0.05, 0.1) is 5.54 Å². The molecule has 102 valence electrons. The predicted molar refractivity (Wildman–Crippen MR) is 77.6 cm³/mol. The van der Waals surface area contributed by atoms with E-state index in [2.05, 4.69) is 24.1 Å². The van der Waals surface area contributed by atoms with E-state index in [0.29, 0.717) is 0 Å². The second kappa shape index (κ2) is 6.13. The number of nitrogens with two attached hydrogens (primary N) is 1. The molecule has 0 radical (unpaired) electrons. The highest BCUT2D eigenvalue weighted by Crippen LogP contribution is 2.29. The first-order valence-electron chi connectivity index (χ1n) is 6.97. The maximum atomic E-state index is 5.73. The molecule has 0 bridgehead atoms. The number of hydrogen-bond acceptors (Lipinski definition) is 4. The van der Waals surface area contributed by atoms with Crippen molar-refractivity contribution >= 4 is 11.3 Å². The Balaban J connectivity index is 1.78. The average molecular weight is 267 g/mol. The molecule has 4 heteroatoms. The molecule has 18 heavy (non-hydrogen) atoms. The number of thiazole rings is 1. The lowest BCUT2D eigenvalue weighted by Crippen LogP contribution is -2.40. The third kappa shape index (κ3) is 3.53. The lowest BCUT2D eigenvalue weighted by Gasteiger charge is -2.31. The third-order valence-corrected chi connectivity index (χ3v) is 5.20. The number of nitrogens with zero attached hydrogens (tertiary/aromatic N) is 1. The Morgan fingerprint density at radius 2 is 2.00 bits per heavy atom. The van der Waals surface area contributed by atoms with Gasteiger partial charge in [-0.25, -0.2) is 4.98 Å². The average Bonchev–Trinajstić information content (AvgIpc) is 2.92. The van der Waals surface area contributed by atoms with Crippen LogP contribution in [0.2, 0.25) is 0 Å². The van der Waals surface area contributed by atoms with Crippen LogP contribution in [0.25, 0.3) is 0 Å². The lowest BCUT2D eigenvalue weighted by molar-refractivity contribution is 0.250. The molecule has 1 aliphatic rings. The van der Waals surface area contributed by atoms with Gasteiger partial charge in [0, 0.05) is 11.6 Å². The van der Waals surface area contributed by atoms with Crippen LogP contribution in [0.15, 0.2) is 11.6 Å². The van der Waals surface area contributed by atoms with Crippen LogP contribution in [0.3, 0.4) is 0 Å². The minimum Gasteiger partial charge on any atom is -0.330 e. The fourth-order valence-electron chi connectivity index (χ4n) is 2.68. The van der Waals surface area contributed by atoms with Crippen LogP contribution in [0.5, 0.6) is 0 Å². The van der Waals surface area contributed by atoms with Crippen molar-refractivity contribution in [2.75, 3.05) is 13.1 Å². The summed E-state index contributed by atoms with van der Waals surface area (Å²) in [6.07, 6.45) is 7.14. The van der Waals surface area contributed by atoms with E-state index in [0.717, 1.165) is 24.9 Å². The Hall–Kier alpha value is -0.450. The van der Waals surface area contributed by atoms with E-state index in [1.807, 2.05) is 11.6 Å². The molecule has 3 N–H and O–H groups in total. The van der Waals surface area contributed by atoms with Crippen LogP contribution >= 0.6 is 11.3 Å². The summed E-state index contributed by atoms with van der Waals surface area (Å²) in [7, 11) is 0. The zero-order valence-electron chi connectivity index (χ0n) is 11.5. The van der Waals surface area contributed by atoms with Crippen molar-refractivity contribution in [1.82, 2.24) is 10.3 Å². The van der Waals surface area contributed by atoms with Crippen molar-refractivity contribution < 1.29 is 0 Å². The van der Waals surface area contributed by atoms with Crippen molar-refractivity contribution in [3.8, 4) is 0 Å². The van der Waals surface area contributed by atoms with Crippen molar-refractivity contribution in [3.63, 3.8) is 0 Å². The van der Waals surface area contributed by atoms with Crippen molar-refractivity contribution in [3.05, 3.63) is 16.6 Å². The first-order chi connectivity index (χ1) is 8.62. The molecule has 1 aromatic heterocycles. The quantitative estimate of drug-likeness (QED) is 0.862. The minimum atomic E-state index is -0.00111. The highest BCUT2D eigenvalue weighted by molar-refractivity contribution is 7.09. The Morgan fingerprint density at radius 1 is 1.33 bits per heavy atom. The van der Waals surface area contributed by atoms with Crippen LogP contribution in [-0.4, -0.2) is 18.1 Å².